The average Bonchev–Trinajstić information content (AvgIpc) is 3.47. The van der Waals surface area contributed by atoms with E-state index in [4.69, 9.17) is 16.3 Å². The summed E-state index contributed by atoms with van der Waals surface area (Å²) in [6, 6.07) is 9.29. The van der Waals surface area contributed by atoms with Crippen LogP contribution in [-0.2, 0) is 17.6 Å². The molecule has 0 saturated heterocycles. The molecule has 4 aromatic rings. The van der Waals surface area contributed by atoms with E-state index in [1.807, 2.05) is 41.9 Å². The molecule has 1 aromatic carbocycles. The van der Waals surface area contributed by atoms with Crippen LogP contribution in [0.4, 0.5) is 5.00 Å². The van der Waals surface area contributed by atoms with Gasteiger partial charge in [-0.3, -0.25) is 4.79 Å². The van der Waals surface area contributed by atoms with Crippen molar-refractivity contribution in [2.24, 2.45) is 0 Å². The lowest BCUT2D eigenvalue weighted by molar-refractivity contribution is 0.0526. The van der Waals surface area contributed by atoms with Crippen LogP contribution in [0.15, 0.2) is 30.3 Å². The number of thiophene rings is 2. The van der Waals surface area contributed by atoms with Gasteiger partial charge >= 0.3 is 5.97 Å². The minimum atomic E-state index is -0.363. The number of esters is 1. The molecule has 0 saturated carbocycles. The summed E-state index contributed by atoms with van der Waals surface area (Å²) in [5.41, 5.74) is 3.27. The summed E-state index contributed by atoms with van der Waals surface area (Å²) in [4.78, 5) is 28.6. The van der Waals surface area contributed by atoms with Crippen LogP contribution in [0.5, 0.6) is 0 Å². The quantitative estimate of drug-likeness (QED) is 0.321. The molecule has 0 spiro atoms. The van der Waals surface area contributed by atoms with Gasteiger partial charge in [0.2, 0.25) is 0 Å². The largest absolute Gasteiger partial charge is 0.462 e. The zero-order chi connectivity index (χ0) is 23.1. The van der Waals surface area contributed by atoms with E-state index in [0.29, 0.717) is 27.1 Å². The second kappa shape index (κ2) is 8.93. The van der Waals surface area contributed by atoms with Crippen LogP contribution in [0.25, 0.3) is 15.9 Å². The topological polar surface area (TPSA) is 73.2 Å². The summed E-state index contributed by atoms with van der Waals surface area (Å²) >= 11 is 8.89. The Labute approximate surface area is 204 Å². The molecule has 0 radical (unpaired) electrons. The number of nitrogens with zero attached hydrogens (tertiary/aromatic N) is 2. The zero-order valence-corrected chi connectivity index (χ0v) is 20.6. The molecule has 9 heteroatoms. The molecule has 3 heterocycles. The van der Waals surface area contributed by atoms with Gasteiger partial charge in [0, 0.05) is 15.3 Å². The van der Waals surface area contributed by atoms with Crippen LogP contribution in [0.3, 0.4) is 0 Å². The van der Waals surface area contributed by atoms with E-state index in [1.54, 1.807) is 6.92 Å². The highest BCUT2D eigenvalue weighted by molar-refractivity contribution is 7.21. The third kappa shape index (κ3) is 4.07. The minimum absolute atomic E-state index is 0.234. The molecule has 3 aromatic heterocycles. The van der Waals surface area contributed by atoms with Crippen molar-refractivity contribution < 1.29 is 14.3 Å². The van der Waals surface area contributed by atoms with Crippen molar-refractivity contribution in [1.29, 1.82) is 0 Å². The van der Waals surface area contributed by atoms with Crippen LogP contribution in [0.1, 0.15) is 55.9 Å². The maximum Gasteiger partial charge on any atom is 0.341 e. The number of nitrogens with one attached hydrogen (secondary N) is 1. The van der Waals surface area contributed by atoms with Gasteiger partial charge in [-0.05, 0) is 75.4 Å². The third-order valence-corrected chi connectivity index (χ3v) is 8.29. The lowest BCUT2D eigenvalue weighted by Crippen LogP contribution is -2.15. The van der Waals surface area contributed by atoms with E-state index in [-0.39, 0.29) is 11.9 Å². The lowest BCUT2D eigenvalue weighted by Gasteiger charge is -2.12. The average molecular weight is 500 g/mol. The molecule has 1 aliphatic rings. The molecular weight excluding hydrogens is 478 g/mol. The second-order valence-electron chi connectivity index (χ2n) is 7.89. The molecule has 1 aliphatic carbocycles. The number of anilines is 1. The number of amides is 1. The Kier molecular flexibility index (Phi) is 5.99. The highest BCUT2D eigenvalue weighted by Crippen LogP contribution is 2.39. The molecule has 1 amide bonds. The van der Waals surface area contributed by atoms with Gasteiger partial charge in [-0.2, -0.15) is 5.10 Å². The van der Waals surface area contributed by atoms with Crippen molar-refractivity contribution in [2.75, 3.05) is 11.9 Å². The Hall–Kier alpha value is -2.68. The number of fused-ring (bicyclic) bond motifs is 2. The van der Waals surface area contributed by atoms with Gasteiger partial charge in [-0.1, -0.05) is 11.6 Å². The normalized spacial score (nSPS) is 13.2. The van der Waals surface area contributed by atoms with Gasteiger partial charge in [-0.15, -0.1) is 22.7 Å². The molecule has 5 rings (SSSR count). The van der Waals surface area contributed by atoms with E-state index < -0.39 is 0 Å². The molecule has 0 bridgehead atoms. The first-order chi connectivity index (χ1) is 16.0. The summed E-state index contributed by atoms with van der Waals surface area (Å²) in [6.07, 6.45) is 3.91. The summed E-state index contributed by atoms with van der Waals surface area (Å²) < 4.78 is 7.13. The molecule has 1 N–H and O–H groups in total. The second-order valence-corrected chi connectivity index (χ2v) is 10.5. The summed E-state index contributed by atoms with van der Waals surface area (Å²) in [7, 11) is 0. The van der Waals surface area contributed by atoms with E-state index in [9.17, 15) is 9.59 Å². The van der Waals surface area contributed by atoms with E-state index in [2.05, 4.69) is 10.4 Å². The van der Waals surface area contributed by atoms with Crippen LogP contribution in [0, 0.1) is 6.92 Å². The van der Waals surface area contributed by atoms with Gasteiger partial charge in [0.15, 0.2) is 0 Å². The number of ether oxygens (including phenoxy) is 1. The first kappa shape index (κ1) is 22.1. The van der Waals surface area contributed by atoms with Crippen molar-refractivity contribution in [1.82, 2.24) is 9.78 Å². The number of aryl methyl sites for hydroxylation is 2. The monoisotopic (exact) mass is 499 g/mol. The Morgan fingerprint density at radius 2 is 1.94 bits per heavy atom. The first-order valence-electron chi connectivity index (χ1n) is 10.8. The van der Waals surface area contributed by atoms with Crippen LogP contribution in [-0.4, -0.2) is 28.3 Å². The molecule has 0 atom stereocenters. The van der Waals surface area contributed by atoms with E-state index in [0.717, 1.165) is 52.8 Å². The third-order valence-electron chi connectivity index (χ3n) is 5.72. The number of hydrogen-bond donors (Lipinski definition) is 1. The fourth-order valence-electron chi connectivity index (χ4n) is 4.15. The Balaban J connectivity index is 1.49. The van der Waals surface area contributed by atoms with Crippen molar-refractivity contribution in [2.45, 2.75) is 39.5 Å². The van der Waals surface area contributed by atoms with Gasteiger partial charge < -0.3 is 10.1 Å². The van der Waals surface area contributed by atoms with Gasteiger partial charge in [-0.25, -0.2) is 9.48 Å². The zero-order valence-electron chi connectivity index (χ0n) is 18.2. The first-order valence-corrected chi connectivity index (χ1v) is 12.9. The minimum Gasteiger partial charge on any atom is -0.462 e. The summed E-state index contributed by atoms with van der Waals surface area (Å²) in [6.45, 7) is 4.02. The number of halogens is 1. The Morgan fingerprint density at radius 3 is 2.70 bits per heavy atom. The number of carbonyl (C=O) groups is 2. The summed E-state index contributed by atoms with van der Waals surface area (Å²) in [5.74, 6) is -0.597. The van der Waals surface area contributed by atoms with Crippen LogP contribution >= 0.6 is 34.3 Å². The van der Waals surface area contributed by atoms with E-state index in [1.165, 1.54) is 27.6 Å². The number of carbonyl (C=O) groups excluding carboxylic acids is 2. The fraction of sp³-hybridized carbons (Fsp3) is 0.292. The molecule has 0 fully saturated rings. The summed E-state index contributed by atoms with van der Waals surface area (Å²) in [5, 5.41) is 9.79. The molecule has 0 unspecified atom stereocenters. The lowest BCUT2D eigenvalue weighted by atomic mass is 9.95. The van der Waals surface area contributed by atoms with Gasteiger partial charge in [0.25, 0.3) is 5.91 Å². The number of rotatable bonds is 5. The molecule has 33 heavy (non-hydrogen) atoms. The SMILES string of the molecule is CCOC(=O)c1c(NC(=O)c2cc3c(C)nn(-c4ccc(Cl)cc4)c3s2)sc2c1CCCC2. The molecular formula is C24H22ClN3O3S2. The number of hydrogen-bond acceptors (Lipinski definition) is 6. The van der Waals surface area contributed by atoms with Crippen molar-refractivity contribution in [3.8, 4) is 5.69 Å². The molecule has 170 valence electrons. The Morgan fingerprint density at radius 1 is 1.18 bits per heavy atom. The number of benzene rings is 1. The van der Waals surface area contributed by atoms with Crippen LogP contribution < -0.4 is 5.32 Å². The predicted octanol–water partition coefficient (Wildman–Crippen LogP) is 6.42. The maximum atomic E-state index is 13.2. The number of aromatic nitrogens is 2. The van der Waals surface area contributed by atoms with Crippen LogP contribution in [0.2, 0.25) is 5.02 Å². The van der Waals surface area contributed by atoms with Gasteiger partial charge in [0.05, 0.1) is 28.4 Å². The van der Waals surface area contributed by atoms with Crippen molar-refractivity contribution >= 4 is 61.4 Å². The maximum absolute atomic E-state index is 13.2. The predicted molar refractivity (Wildman–Crippen MR) is 134 cm³/mol. The molecule has 0 aliphatic heterocycles. The standard InChI is InChI=1S/C24H22ClN3O3S2/c1-3-31-24(30)20-16-6-4-5-7-18(16)32-22(20)26-21(29)19-12-17-13(2)27-28(23(17)33-19)15-10-8-14(25)9-11-15/h8-12H,3-7H2,1-2H3,(H,26,29). The highest BCUT2D eigenvalue weighted by Gasteiger charge is 2.28. The van der Waals surface area contributed by atoms with Gasteiger partial charge in [0.1, 0.15) is 9.83 Å². The fourth-order valence-corrected chi connectivity index (χ4v) is 6.63. The van der Waals surface area contributed by atoms with E-state index >= 15 is 0 Å². The smallest absolute Gasteiger partial charge is 0.341 e. The Bertz CT molecular complexity index is 1370. The highest BCUT2D eigenvalue weighted by atomic mass is 35.5. The van der Waals surface area contributed by atoms with Crippen molar-refractivity contribution in [3.05, 3.63) is 61.9 Å². The molecule has 6 nitrogen and oxygen atoms in total. The van der Waals surface area contributed by atoms with Crippen molar-refractivity contribution in [3.63, 3.8) is 0 Å².